The first-order valence-electron chi connectivity index (χ1n) is 5.61. The smallest absolute Gasteiger partial charge is 0.154 e. The number of aryl methyl sites for hydroxylation is 2. The third-order valence-electron chi connectivity index (χ3n) is 3.52. The van der Waals surface area contributed by atoms with E-state index >= 15 is 0 Å². The summed E-state index contributed by atoms with van der Waals surface area (Å²) in [5, 5.41) is 4.27. The van der Waals surface area contributed by atoms with E-state index in [4.69, 9.17) is 5.73 Å². The molecule has 0 amide bonds. The molecule has 0 bridgehead atoms. The van der Waals surface area contributed by atoms with Crippen LogP contribution in [-0.4, -0.2) is 35.2 Å². The first-order chi connectivity index (χ1) is 7.98. The molecule has 0 fully saturated rings. The van der Waals surface area contributed by atoms with E-state index in [2.05, 4.69) is 21.0 Å². The Hall–Kier alpha value is -0.400. The molecule has 7 heteroatoms. The molecule has 18 heavy (non-hydrogen) atoms. The van der Waals surface area contributed by atoms with Crippen molar-refractivity contribution in [1.82, 2.24) is 9.78 Å². The van der Waals surface area contributed by atoms with Crippen molar-refractivity contribution < 1.29 is 8.42 Å². The van der Waals surface area contributed by atoms with E-state index in [1.54, 1.807) is 18.5 Å². The lowest BCUT2D eigenvalue weighted by Crippen LogP contribution is -2.50. The summed E-state index contributed by atoms with van der Waals surface area (Å²) in [6.45, 7) is 5.20. The first-order valence-corrected chi connectivity index (χ1v) is 8.30. The summed E-state index contributed by atoms with van der Waals surface area (Å²) >= 11 is 3.46. The number of nitrogens with two attached hydrogens (primary N) is 1. The van der Waals surface area contributed by atoms with Gasteiger partial charge in [0, 0.05) is 25.8 Å². The van der Waals surface area contributed by atoms with Crippen LogP contribution < -0.4 is 5.73 Å². The highest BCUT2D eigenvalue weighted by Crippen LogP contribution is 2.26. The second-order valence-electron chi connectivity index (χ2n) is 5.16. The van der Waals surface area contributed by atoms with Crippen LogP contribution in [0.4, 0.5) is 0 Å². The summed E-state index contributed by atoms with van der Waals surface area (Å²) in [4.78, 5) is 0. The summed E-state index contributed by atoms with van der Waals surface area (Å²) in [6, 6.07) is -0.487. The molecule has 1 heterocycles. The van der Waals surface area contributed by atoms with Gasteiger partial charge in [0.05, 0.1) is 20.6 Å². The van der Waals surface area contributed by atoms with Crippen LogP contribution >= 0.6 is 15.9 Å². The van der Waals surface area contributed by atoms with Gasteiger partial charge in [-0.15, -0.1) is 0 Å². The van der Waals surface area contributed by atoms with Crippen LogP contribution in [0.2, 0.25) is 0 Å². The predicted molar refractivity (Wildman–Crippen MR) is 76.2 cm³/mol. The van der Waals surface area contributed by atoms with Gasteiger partial charge in [-0.1, -0.05) is 0 Å². The molecule has 104 valence electrons. The van der Waals surface area contributed by atoms with Crippen LogP contribution in [0.1, 0.15) is 25.2 Å². The molecule has 0 aliphatic heterocycles. The molecule has 5 nitrogen and oxygen atoms in total. The van der Waals surface area contributed by atoms with Gasteiger partial charge in [0.15, 0.2) is 9.84 Å². The molecular weight excluding hydrogens is 318 g/mol. The molecule has 1 rings (SSSR count). The third kappa shape index (κ3) is 2.78. The minimum Gasteiger partial charge on any atom is -0.326 e. The van der Waals surface area contributed by atoms with Crippen molar-refractivity contribution in [2.75, 3.05) is 6.26 Å². The van der Waals surface area contributed by atoms with Crippen molar-refractivity contribution in [2.24, 2.45) is 12.8 Å². The Morgan fingerprint density at radius 1 is 1.50 bits per heavy atom. The van der Waals surface area contributed by atoms with Crippen molar-refractivity contribution in [3.63, 3.8) is 0 Å². The zero-order chi connectivity index (χ0) is 14.3. The van der Waals surface area contributed by atoms with Crippen LogP contribution in [0.15, 0.2) is 4.47 Å². The van der Waals surface area contributed by atoms with Crippen molar-refractivity contribution in [3.8, 4) is 0 Å². The Morgan fingerprint density at radius 3 is 2.33 bits per heavy atom. The fourth-order valence-corrected chi connectivity index (χ4v) is 2.76. The monoisotopic (exact) mass is 337 g/mol. The summed E-state index contributed by atoms with van der Waals surface area (Å²) in [5.41, 5.74) is 7.86. The number of rotatable bonds is 4. The third-order valence-corrected chi connectivity index (χ3v) is 6.77. The molecule has 0 aliphatic carbocycles. The molecule has 0 aromatic carbocycles. The Labute approximate surface area is 117 Å². The molecule has 1 atom stereocenters. The summed E-state index contributed by atoms with van der Waals surface area (Å²) in [6.07, 6.45) is 1.67. The zero-order valence-corrected chi connectivity index (χ0v) is 13.8. The molecular formula is C11H20BrN3O2S. The van der Waals surface area contributed by atoms with Gasteiger partial charge in [0.2, 0.25) is 0 Å². The Balaban J connectivity index is 3.06. The van der Waals surface area contributed by atoms with Gasteiger partial charge in [-0.2, -0.15) is 5.10 Å². The maximum atomic E-state index is 11.7. The second kappa shape index (κ2) is 4.94. The number of hydrogen-bond acceptors (Lipinski definition) is 4. The Morgan fingerprint density at radius 2 is 2.00 bits per heavy atom. The normalized spacial score (nSPS) is 14.8. The number of sulfone groups is 1. The minimum atomic E-state index is -3.21. The van der Waals surface area contributed by atoms with Crippen LogP contribution in [-0.2, 0) is 23.3 Å². The average molecular weight is 338 g/mol. The van der Waals surface area contributed by atoms with Gasteiger partial charge in [-0.3, -0.25) is 4.68 Å². The molecule has 0 radical (unpaired) electrons. The van der Waals surface area contributed by atoms with Crippen LogP contribution in [0.5, 0.6) is 0 Å². The standard InChI is InChI=1S/C11H20BrN3O2S/c1-7-10(12)8(15(4)14-7)6-9(13)11(2,3)18(5,16)17/h9H,6,13H2,1-5H3. The highest BCUT2D eigenvalue weighted by Gasteiger charge is 2.37. The highest BCUT2D eigenvalue weighted by molar-refractivity contribution is 9.10. The van der Waals surface area contributed by atoms with Crippen molar-refractivity contribution in [2.45, 2.75) is 38.0 Å². The van der Waals surface area contributed by atoms with Crippen molar-refractivity contribution in [1.29, 1.82) is 0 Å². The largest absolute Gasteiger partial charge is 0.326 e. The van der Waals surface area contributed by atoms with Gasteiger partial charge >= 0.3 is 0 Å². The topological polar surface area (TPSA) is 78.0 Å². The lowest BCUT2D eigenvalue weighted by molar-refractivity contribution is 0.472. The highest BCUT2D eigenvalue weighted by atomic mass is 79.9. The quantitative estimate of drug-likeness (QED) is 0.894. The van der Waals surface area contributed by atoms with Crippen LogP contribution in [0, 0.1) is 6.92 Å². The van der Waals surface area contributed by atoms with Gasteiger partial charge in [0.25, 0.3) is 0 Å². The maximum absolute atomic E-state index is 11.7. The first kappa shape index (κ1) is 15.7. The molecule has 0 saturated carbocycles. The number of nitrogens with zero attached hydrogens (tertiary/aromatic N) is 2. The van der Waals surface area contributed by atoms with Gasteiger partial charge in [0.1, 0.15) is 0 Å². The van der Waals surface area contributed by atoms with E-state index in [1.807, 2.05) is 14.0 Å². The lowest BCUT2D eigenvalue weighted by Gasteiger charge is -2.29. The molecule has 1 aromatic rings. The van der Waals surface area contributed by atoms with E-state index in [9.17, 15) is 8.42 Å². The van der Waals surface area contributed by atoms with Crippen molar-refractivity contribution >= 4 is 25.8 Å². The van der Waals surface area contributed by atoms with E-state index in [-0.39, 0.29) is 0 Å². The molecule has 1 aromatic heterocycles. The van der Waals surface area contributed by atoms with Crippen LogP contribution in [0.3, 0.4) is 0 Å². The SMILES string of the molecule is Cc1nn(C)c(CC(N)C(C)(C)S(C)(=O)=O)c1Br. The van der Waals surface area contributed by atoms with E-state index < -0.39 is 20.6 Å². The van der Waals surface area contributed by atoms with Gasteiger partial charge < -0.3 is 5.73 Å². The summed E-state index contributed by atoms with van der Waals surface area (Å²) < 4.78 is 25.2. The molecule has 1 unspecified atom stereocenters. The summed E-state index contributed by atoms with van der Waals surface area (Å²) in [7, 11) is -1.38. The lowest BCUT2D eigenvalue weighted by atomic mass is 9.99. The number of hydrogen-bond donors (Lipinski definition) is 1. The molecule has 0 aliphatic rings. The van der Waals surface area contributed by atoms with Crippen molar-refractivity contribution in [3.05, 3.63) is 15.9 Å². The number of halogens is 1. The molecule has 0 spiro atoms. The summed E-state index contributed by atoms with van der Waals surface area (Å²) in [5.74, 6) is 0. The maximum Gasteiger partial charge on any atom is 0.154 e. The fraction of sp³-hybridized carbons (Fsp3) is 0.727. The Bertz CT molecular complexity index is 549. The van der Waals surface area contributed by atoms with Gasteiger partial charge in [-0.05, 0) is 36.7 Å². The molecule has 0 saturated heterocycles. The number of aromatic nitrogens is 2. The zero-order valence-electron chi connectivity index (χ0n) is 11.4. The van der Waals surface area contributed by atoms with E-state index in [1.165, 1.54) is 6.26 Å². The molecule has 2 N–H and O–H groups in total. The Kier molecular flexibility index (Phi) is 4.30. The van der Waals surface area contributed by atoms with E-state index in [0.29, 0.717) is 6.42 Å². The second-order valence-corrected chi connectivity index (χ2v) is 8.55. The minimum absolute atomic E-state index is 0.456. The predicted octanol–water partition coefficient (Wildman–Crippen LogP) is 1.18. The average Bonchev–Trinajstić information content (AvgIpc) is 2.43. The van der Waals surface area contributed by atoms with E-state index in [0.717, 1.165) is 15.9 Å². The van der Waals surface area contributed by atoms with Crippen LogP contribution in [0.25, 0.3) is 0 Å². The fourth-order valence-electron chi connectivity index (χ4n) is 1.63. The van der Waals surface area contributed by atoms with Gasteiger partial charge in [-0.25, -0.2) is 8.42 Å².